The van der Waals surface area contributed by atoms with Crippen LogP contribution in [0.5, 0.6) is 0 Å². The van der Waals surface area contributed by atoms with Gasteiger partial charge in [0, 0.05) is 12.0 Å². The summed E-state index contributed by atoms with van der Waals surface area (Å²) in [5.74, 6) is 0.0281. The van der Waals surface area contributed by atoms with Crippen LogP contribution in [-0.4, -0.2) is 23.5 Å². The Morgan fingerprint density at radius 3 is 2.68 bits per heavy atom. The van der Waals surface area contributed by atoms with E-state index in [4.69, 9.17) is 11.6 Å². The number of halogens is 1. The summed E-state index contributed by atoms with van der Waals surface area (Å²) in [6.07, 6.45) is 7.87. The molecular weight excluding hydrogens is 262 g/mol. The average Bonchev–Trinajstić information content (AvgIpc) is 2.42. The first kappa shape index (κ1) is 14.3. The van der Waals surface area contributed by atoms with Crippen molar-refractivity contribution >= 4 is 23.2 Å². The van der Waals surface area contributed by atoms with Crippen LogP contribution in [0, 0.1) is 0 Å². The molecule has 1 aromatic heterocycles. The lowest BCUT2D eigenvalue weighted by Crippen LogP contribution is -2.47. The molecule has 2 rings (SSSR count). The van der Waals surface area contributed by atoms with Crippen LogP contribution in [-0.2, 0) is 4.79 Å². The molecule has 1 heterocycles. The maximum Gasteiger partial charge on any atom is 0.226 e. The highest BCUT2D eigenvalue weighted by atomic mass is 35.5. The van der Waals surface area contributed by atoms with Crippen molar-refractivity contribution in [3.63, 3.8) is 0 Å². The monoisotopic (exact) mass is 281 g/mol. The maximum absolute atomic E-state index is 12.1. The van der Waals surface area contributed by atoms with Crippen LogP contribution < -0.4 is 10.6 Å². The van der Waals surface area contributed by atoms with Gasteiger partial charge in [0.05, 0.1) is 11.9 Å². The molecular formula is C14H20ClN3O. The number of carbonyl (C=O) groups excluding carboxylic acids is 1. The molecule has 1 fully saturated rings. The standard InChI is InChI=1S/C14H20ClN3O/c1-16-14(7-3-2-4-8-14)9-13(19)18-11-5-6-12(15)17-10-11/h5-6,10,16H,2-4,7-9H2,1H3,(H,18,19). The van der Waals surface area contributed by atoms with Crippen LogP contribution in [0.25, 0.3) is 0 Å². The predicted octanol–water partition coefficient (Wildman–Crippen LogP) is 2.99. The van der Waals surface area contributed by atoms with Crippen molar-refractivity contribution in [1.29, 1.82) is 0 Å². The van der Waals surface area contributed by atoms with E-state index in [1.54, 1.807) is 18.3 Å². The van der Waals surface area contributed by atoms with E-state index in [1.807, 2.05) is 7.05 Å². The van der Waals surface area contributed by atoms with Gasteiger partial charge < -0.3 is 10.6 Å². The number of rotatable bonds is 4. The van der Waals surface area contributed by atoms with Gasteiger partial charge in [0.25, 0.3) is 0 Å². The van der Waals surface area contributed by atoms with Gasteiger partial charge in [-0.2, -0.15) is 0 Å². The summed E-state index contributed by atoms with van der Waals surface area (Å²) in [4.78, 5) is 16.1. The van der Waals surface area contributed by atoms with E-state index in [1.165, 1.54) is 19.3 Å². The van der Waals surface area contributed by atoms with Gasteiger partial charge in [-0.05, 0) is 32.0 Å². The van der Waals surface area contributed by atoms with Crippen LogP contribution in [0.2, 0.25) is 5.15 Å². The molecule has 0 radical (unpaired) electrons. The van der Waals surface area contributed by atoms with Gasteiger partial charge in [-0.25, -0.2) is 4.98 Å². The Bertz CT molecular complexity index is 427. The molecule has 0 unspecified atom stereocenters. The van der Waals surface area contributed by atoms with Crippen molar-refractivity contribution in [3.05, 3.63) is 23.5 Å². The third-order valence-electron chi connectivity index (χ3n) is 3.85. The van der Waals surface area contributed by atoms with E-state index in [0.717, 1.165) is 12.8 Å². The minimum atomic E-state index is -0.0395. The predicted molar refractivity (Wildman–Crippen MR) is 77.4 cm³/mol. The highest BCUT2D eigenvalue weighted by Crippen LogP contribution is 2.31. The number of nitrogens with one attached hydrogen (secondary N) is 2. The van der Waals surface area contributed by atoms with Gasteiger partial charge in [0.2, 0.25) is 5.91 Å². The number of pyridine rings is 1. The fourth-order valence-electron chi connectivity index (χ4n) is 2.71. The molecule has 1 amide bonds. The SMILES string of the molecule is CNC1(CC(=O)Nc2ccc(Cl)nc2)CCCCC1. The minimum Gasteiger partial charge on any atom is -0.325 e. The Morgan fingerprint density at radius 2 is 2.11 bits per heavy atom. The largest absolute Gasteiger partial charge is 0.325 e. The highest BCUT2D eigenvalue weighted by Gasteiger charge is 2.32. The van der Waals surface area contributed by atoms with Gasteiger partial charge in [-0.3, -0.25) is 4.79 Å². The number of hydrogen-bond donors (Lipinski definition) is 2. The molecule has 4 nitrogen and oxygen atoms in total. The smallest absolute Gasteiger partial charge is 0.226 e. The first-order valence-corrected chi connectivity index (χ1v) is 7.12. The van der Waals surface area contributed by atoms with Crippen molar-refractivity contribution < 1.29 is 4.79 Å². The molecule has 0 atom stereocenters. The third-order valence-corrected chi connectivity index (χ3v) is 4.07. The number of hydrogen-bond acceptors (Lipinski definition) is 3. The molecule has 0 spiro atoms. The maximum atomic E-state index is 12.1. The van der Waals surface area contributed by atoms with Crippen LogP contribution in [0.3, 0.4) is 0 Å². The molecule has 0 aliphatic heterocycles. The summed E-state index contributed by atoms with van der Waals surface area (Å²) in [5, 5.41) is 6.65. The van der Waals surface area contributed by atoms with Crippen LogP contribution in [0.1, 0.15) is 38.5 Å². The topological polar surface area (TPSA) is 54.0 Å². The highest BCUT2D eigenvalue weighted by molar-refractivity contribution is 6.29. The second-order valence-electron chi connectivity index (χ2n) is 5.19. The fraction of sp³-hybridized carbons (Fsp3) is 0.571. The van der Waals surface area contributed by atoms with Crippen molar-refractivity contribution in [2.75, 3.05) is 12.4 Å². The van der Waals surface area contributed by atoms with Crippen LogP contribution in [0.15, 0.2) is 18.3 Å². The molecule has 0 aromatic carbocycles. The van der Waals surface area contributed by atoms with Crippen molar-refractivity contribution in [2.45, 2.75) is 44.1 Å². The van der Waals surface area contributed by atoms with Crippen molar-refractivity contribution in [2.24, 2.45) is 0 Å². The summed E-state index contributed by atoms with van der Waals surface area (Å²) in [6.45, 7) is 0. The van der Waals surface area contributed by atoms with Gasteiger partial charge in [-0.1, -0.05) is 30.9 Å². The van der Waals surface area contributed by atoms with E-state index in [-0.39, 0.29) is 11.4 Å². The zero-order valence-corrected chi connectivity index (χ0v) is 12.0. The second kappa shape index (κ2) is 6.35. The number of nitrogens with zero attached hydrogens (tertiary/aromatic N) is 1. The Morgan fingerprint density at radius 1 is 1.37 bits per heavy atom. The molecule has 1 aliphatic carbocycles. The summed E-state index contributed by atoms with van der Waals surface area (Å²) in [6, 6.07) is 3.44. The molecule has 2 N–H and O–H groups in total. The Labute approximate surface area is 118 Å². The summed E-state index contributed by atoms with van der Waals surface area (Å²) >= 11 is 5.71. The number of carbonyl (C=O) groups is 1. The lowest BCUT2D eigenvalue weighted by atomic mass is 9.79. The molecule has 104 valence electrons. The summed E-state index contributed by atoms with van der Waals surface area (Å²) in [5.41, 5.74) is 0.652. The molecule has 1 aliphatic rings. The Kier molecular flexibility index (Phi) is 4.77. The first-order chi connectivity index (χ1) is 9.13. The minimum absolute atomic E-state index is 0.0281. The molecule has 0 saturated heterocycles. The van der Waals surface area contributed by atoms with E-state index in [9.17, 15) is 4.79 Å². The zero-order chi connectivity index (χ0) is 13.7. The van der Waals surface area contributed by atoms with Gasteiger partial charge in [-0.15, -0.1) is 0 Å². The Hall–Kier alpha value is -1.13. The summed E-state index contributed by atoms with van der Waals surface area (Å²) in [7, 11) is 1.95. The lowest BCUT2D eigenvalue weighted by Gasteiger charge is -2.36. The summed E-state index contributed by atoms with van der Waals surface area (Å²) < 4.78 is 0. The van der Waals surface area contributed by atoms with Crippen molar-refractivity contribution in [3.8, 4) is 0 Å². The van der Waals surface area contributed by atoms with Crippen molar-refractivity contribution in [1.82, 2.24) is 10.3 Å². The molecule has 0 bridgehead atoms. The molecule has 19 heavy (non-hydrogen) atoms. The van der Waals surface area contributed by atoms with Gasteiger partial charge >= 0.3 is 0 Å². The van der Waals surface area contributed by atoms with E-state index < -0.39 is 0 Å². The quantitative estimate of drug-likeness (QED) is 0.834. The van der Waals surface area contributed by atoms with Gasteiger partial charge in [0.1, 0.15) is 5.15 Å². The number of anilines is 1. The first-order valence-electron chi connectivity index (χ1n) is 6.74. The second-order valence-corrected chi connectivity index (χ2v) is 5.57. The number of amides is 1. The zero-order valence-electron chi connectivity index (χ0n) is 11.2. The van der Waals surface area contributed by atoms with Crippen LogP contribution >= 0.6 is 11.6 Å². The third kappa shape index (κ3) is 3.91. The van der Waals surface area contributed by atoms with E-state index in [2.05, 4.69) is 15.6 Å². The normalized spacial score (nSPS) is 18.0. The average molecular weight is 282 g/mol. The van der Waals surface area contributed by atoms with E-state index >= 15 is 0 Å². The number of aromatic nitrogens is 1. The van der Waals surface area contributed by atoms with Crippen LogP contribution in [0.4, 0.5) is 5.69 Å². The molecule has 5 heteroatoms. The Balaban J connectivity index is 1.94. The van der Waals surface area contributed by atoms with Gasteiger partial charge in [0.15, 0.2) is 0 Å². The molecule has 1 aromatic rings. The molecule has 1 saturated carbocycles. The fourth-order valence-corrected chi connectivity index (χ4v) is 2.82. The van der Waals surface area contributed by atoms with E-state index in [0.29, 0.717) is 17.3 Å². The lowest BCUT2D eigenvalue weighted by molar-refractivity contribution is -0.117.